The van der Waals surface area contributed by atoms with E-state index >= 15 is 0 Å². The Morgan fingerprint density at radius 3 is 2.35 bits per heavy atom. The van der Waals surface area contributed by atoms with Crippen LogP contribution in [-0.2, 0) is 16.4 Å². The van der Waals surface area contributed by atoms with E-state index in [1.165, 1.54) is 20.8 Å². The molecule has 0 spiro atoms. The van der Waals surface area contributed by atoms with Gasteiger partial charge in [0.2, 0.25) is 0 Å². The molecule has 20 heavy (non-hydrogen) atoms. The molecule has 0 aliphatic carbocycles. The molecule has 0 radical (unpaired) electrons. The molecule has 0 aromatic carbocycles. The third-order valence-electron chi connectivity index (χ3n) is 2.69. The number of aromatic nitrogens is 3. The zero-order valence-electron chi connectivity index (χ0n) is 11.2. The second-order valence-electron chi connectivity index (χ2n) is 5.08. The van der Waals surface area contributed by atoms with Crippen molar-refractivity contribution in [1.82, 2.24) is 15.0 Å². The van der Waals surface area contributed by atoms with Gasteiger partial charge in [-0.2, -0.15) is 0 Å². The quantitative estimate of drug-likeness (QED) is 0.874. The number of sulfone groups is 1. The predicted octanol–water partition coefficient (Wildman–Crippen LogP) is 1.13. The minimum absolute atomic E-state index is 0.375. The van der Waals surface area contributed by atoms with E-state index in [0.29, 0.717) is 4.68 Å². The summed E-state index contributed by atoms with van der Waals surface area (Å²) in [7, 11) is -3.53. The molecule has 0 fully saturated rings. The van der Waals surface area contributed by atoms with Crippen molar-refractivity contribution in [2.75, 3.05) is 5.75 Å². The standard InChI is InChI=1S/C10H15F2N3O4S/c1-10(2,3)20(18,19)5-4-15-7(8(11)12)6(9(16)17)13-14-15/h8H,4-5H2,1-3H3,(H,16,17). The molecule has 10 heteroatoms. The van der Waals surface area contributed by atoms with Crippen LogP contribution in [0.5, 0.6) is 0 Å². The van der Waals surface area contributed by atoms with Gasteiger partial charge in [0.25, 0.3) is 6.43 Å². The Morgan fingerprint density at radius 1 is 1.40 bits per heavy atom. The fourth-order valence-electron chi connectivity index (χ4n) is 1.37. The van der Waals surface area contributed by atoms with E-state index in [-0.39, 0.29) is 6.54 Å². The van der Waals surface area contributed by atoms with Crippen LogP contribution in [0.25, 0.3) is 0 Å². The highest BCUT2D eigenvalue weighted by Gasteiger charge is 2.31. The Kier molecular flexibility index (Phi) is 4.47. The van der Waals surface area contributed by atoms with Crippen LogP contribution < -0.4 is 0 Å². The highest BCUT2D eigenvalue weighted by Crippen LogP contribution is 2.22. The Hall–Kier alpha value is -1.58. The summed E-state index contributed by atoms with van der Waals surface area (Å²) in [5, 5.41) is 15.1. The molecule has 0 aliphatic rings. The van der Waals surface area contributed by atoms with Crippen molar-refractivity contribution in [2.24, 2.45) is 0 Å². The Balaban J connectivity index is 3.04. The first kappa shape index (κ1) is 16.5. The SMILES string of the molecule is CC(C)(C)S(=O)(=O)CCn1nnc(C(=O)O)c1C(F)F. The first-order valence-corrected chi connectivity index (χ1v) is 7.29. The van der Waals surface area contributed by atoms with Gasteiger partial charge in [0, 0.05) is 0 Å². The van der Waals surface area contributed by atoms with Gasteiger partial charge in [0.1, 0.15) is 5.69 Å². The van der Waals surface area contributed by atoms with Crippen molar-refractivity contribution in [2.45, 2.75) is 38.5 Å². The molecule has 0 saturated carbocycles. The number of nitrogens with zero attached hydrogens (tertiary/aromatic N) is 3. The third kappa shape index (κ3) is 3.30. The minimum Gasteiger partial charge on any atom is -0.476 e. The van der Waals surface area contributed by atoms with E-state index in [1.54, 1.807) is 0 Å². The molecular weight excluding hydrogens is 296 g/mol. The average Bonchev–Trinajstić information content (AvgIpc) is 2.68. The van der Waals surface area contributed by atoms with Crippen molar-refractivity contribution in [3.05, 3.63) is 11.4 Å². The average molecular weight is 311 g/mol. The molecule has 0 aliphatic heterocycles. The maximum absolute atomic E-state index is 12.8. The molecule has 0 amide bonds. The van der Waals surface area contributed by atoms with Crippen LogP contribution >= 0.6 is 0 Å². The van der Waals surface area contributed by atoms with Gasteiger partial charge in [-0.15, -0.1) is 5.10 Å². The number of carboxylic acid groups (broad SMARTS) is 1. The maximum Gasteiger partial charge on any atom is 0.358 e. The van der Waals surface area contributed by atoms with Gasteiger partial charge in [0.15, 0.2) is 15.5 Å². The Bertz CT molecular complexity index is 605. The normalized spacial score (nSPS) is 12.9. The molecular formula is C10H15F2N3O4S. The number of aromatic carboxylic acids is 1. The molecule has 1 rings (SSSR count). The number of hydrogen-bond donors (Lipinski definition) is 1. The van der Waals surface area contributed by atoms with E-state index in [9.17, 15) is 22.0 Å². The van der Waals surface area contributed by atoms with E-state index in [2.05, 4.69) is 10.3 Å². The highest BCUT2D eigenvalue weighted by molar-refractivity contribution is 7.92. The van der Waals surface area contributed by atoms with Gasteiger partial charge in [-0.3, -0.25) is 0 Å². The minimum atomic E-state index is -3.53. The second kappa shape index (κ2) is 5.43. The summed E-state index contributed by atoms with van der Waals surface area (Å²) < 4.78 is 49.0. The monoisotopic (exact) mass is 311 g/mol. The molecule has 1 aromatic heterocycles. The van der Waals surface area contributed by atoms with Crippen LogP contribution in [0.15, 0.2) is 0 Å². The van der Waals surface area contributed by atoms with Gasteiger partial charge in [-0.05, 0) is 20.8 Å². The van der Waals surface area contributed by atoms with Crippen LogP contribution in [0.4, 0.5) is 8.78 Å². The molecule has 0 saturated heterocycles. The lowest BCUT2D eigenvalue weighted by Gasteiger charge is -2.19. The summed E-state index contributed by atoms with van der Waals surface area (Å²) in [4.78, 5) is 10.7. The first-order valence-electron chi connectivity index (χ1n) is 5.64. The Morgan fingerprint density at radius 2 is 1.95 bits per heavy atom. The van der Waals surface area contributed by atoms with Gasteiger partial charge in [0.05, 0.1) is 17.0 Å². The summed E-state index contributed by atoms with van der Waals surface area (Å²) in [6.07, 6.45) is -3.10. The van der Waals surface area contributed by atoms with Crippen molar-refractivity contribution in [1.29, 1.82) is 0 Å². The summed E-state index contributed by atoms with van der Waals surface area (Å²) in [5.41, 5.74) is -1.75. The topological polar surface area (TPSA) is 102 Å². The fourth-order valence-corrected chi connectivity index (χ4v) is 2.39. The highest BCUT2D eigenvalue weighted by atomic mass is 32.2. The van der Waals surface area contributed by atoms with Crippen LogP contribution in [0.1, 0.15) is 43.4 Å². The van der Waals surface area contributed by atoms with Crippen molar-refractivity contribution in [3.63, 3.8) is 0 Å². The van der Waals surface area contributed by atoms with Gasteiger partial charge in [-0.1, -0.05) is 5.21 Å². The van der Waals surface area contributed by atoms with Crippen LogP contribution in [0, 0.1) is 0 Å². The molecule has 0 bridgehead atoms. The second-order valence-corrected chi connectivity index (χ2v) is 7.95. The predicted molar refractivity (Wildman–Crippen MR) is 65.5 cm³/mol. The molecule has 0 atom stereocenters. The summed E-state index contributed by atoms with van der Waals surface area (Å²) in [5.74, 6) is -2.07. The smallest absolute Gasteiger partial charge is 0.358 e. The number of carbonyl (C=O) groups is 1. The van der Waals surface area contributed by atoms with Crippen LogP contribution in [0.3, 0.4) is 0 Å². The lowest BCUT2D eigenvalue weighted by atomic mass is 10.3. The zero-order chi connectivity index (χ0) is 15.7. The fraction of sp³-hybridized carbons (Fsp3) is 0.700. The van der Waals surface area contributed by atoms with Crippen molar-refractivity contribution < 1.29 is 27.1 Å². The number of rotatable bonds is 5. The van der Waals surface area contributed by atoms with Crippen LogP contribution in [0.2, 0.25) is 0 Å². The molecule has 7 nitrogen and oxygen atoms in total. The van der Waals surface area contributed by atoms with Crippen molar-refractivity contribution in [3.8, 4) is 0 Å². The number of halogens is 2. The summed E-state index contributed by atoms with van der Waals surface area (Å²) in [6, 6.07) is 0. The van der Waals surface area contributed by atoms with E-state index in [4.69, 9.17) is 5.11 Å². The zero-order valence-corrected chi connectivity index (χ0v) is 12.0. The third-order valence-corrected chi connectivity index (χ3v) is 5.27. The number of hydrogen-bond acceptors (Lipinski definition) is 5. The molecule has 0 unspecified atom stereocenters. The molecule has 114 valence electrons. The lowest BCUT2D eigenvalue weighted by molar-refractivity contribution is 0.0675. The van der Waals surface area contributed by atoms with Gasteiger partial charge < -0.3 is 5.11 Å². The maximum atomic E-state index is 12.8. The van der Waals surface area contributed by atoms with Crippen LogP contribution in [-0.4, -0.2) is 45.0 Å². The molecule has 1 aromatic rings. The van der Waals surface area contributed by atoms with Gasteiger partial charge in [-0.25, -0.2) is 26.7 Å². The largest absolute Gasteiger partial charge is 0.476 e. The lowest BCUT2D eigenvalue weighted by Crippen LogP contribution is -2.32. The summed E-state index contributed by atoms with van der Waals surface area (Å²) >= 11 is 0. The molecule has 1 N–H and O–H groups in total. The first-order chi connectivity index (χ1) is 8.97. The van der Waals surface area contributed by atoms with E-state index in [0.717, 1.165) is 0 Å². The Labute approximate surface area is 114 Å². The number of alkyl halides is 2. The van der Waals surface area contributed by atoms with E-state index < -0.39 is 44.1 Å². The number of carboxylic acids is 1. The van der Waals surface area contributed by atoms with Gasteiger partial charge >= 0.3 is 5.97 Å². The van der Waals surface area contributed by atoms with Crippen molar-refractivity contribution >= 4 is 15.8 Å². The summed E-state index contributed by atoms with van der Waals surface area (Å²) in [6.45, 7) is 4.08. The molecule has 1 heterocycles. The number of aryl methyl sites for hydroxylation is 1. The van der Waals surface area contributed by atoms with E-state index in [1.807, 2.05) is 0 Å².